The topological polar surface area (TPSA) is 77.1 Å². The number of fused-ring (bicyclic) bond motifs is 1. The Kier molecular flexibility index (Phi) is 4.44. The molecule has 0 aliphatic heterocycles. The van der Waals surface area contributed by atoms with Crippen molar-refractivity contribution in [3.8, 4) is 5.69 Å². The molecule has 28 heavy (non-hydrogen) atoms. The number of aryl methyl sites for hydroxylation is 1. The fourth-order valence-electron chi connectivity index (χ4n) is 3.07. The summed E-state index contributed by atoms with van der Waals surface area (Å²) in [6.07, 6.45) is 0. The van der Waals surface area contributed by atoms with Crippen LogP contribution in [-0.4, -0.2) is 10.5 Å². The zero-order valence-corrected chi connectivity index (χ0v) is 15.7. The van der Waals surface area contributed by atoms with Gasteiger partial charge in [-0.3, -0.25) is 14.2 Å². The summed E-state index contributed by atoms with van der Waals surface area (Å²) in [6, 6.07) is 16.9. The number of carbonyl (C=O) groups is 1. The summed E-state index contributed by atoms with van der Waals surface area (Å²) in [4.78, 5) is 25.5. The first kappa shape index (κ1) is 17.9. The molecule has 2 heterocycles. The minimum atomic E-state index is -0.602. The summed E-state index contributed by atoms with van der Waals surface area (Å²) in [5.74, 6) is -0.914. The van der Waals surface area contributed by atoms with Gasteiger partial charge in [0.25, 0.3) is 11.5 Å². The lowest BCUT2D eigenvalue weighted by molar-refractivity contribution is 0.100. The second kappa shape index (κ2) is 6.94. The Bertz CT molecular complexity index is 1260. The summed E-state index contributed by atoms with van der Waals surface area (Å²) in [6.45, 7) is 1.66. The molecule has 0 spiro atoms. The van der Waals surface area contributed by atoms with Gasteiger partial charge in [-0.1, -0.05) is 18.2 Å². The van der Waals surface area contributed by atoms with Crippen molar-refractivity contribution in [1.29, 1.82) is 0 Å². The monoisotopic (exact) mass is 393 g/mol. The minimum Gasteiger partial charge on any atom is -0.365 e. The molecule has 0 bridgehead atoms. The molecular formula is C21H16FN3O2S. The molecule has 2 aromatic heterocycles. The number of nitrogens with zero attached hydrogens (tertiary/aromatic N) is 1. The molecule has 1 amide bonds. The molecule has 2 aromatic carbocycles. The van der Waals surface area contributed by atoms with Crippen molar-refractivity contribution in [3.63, 3.8) is 0 Å². The normalized spacial score (nSPS) is 10.9. The van der Waals surface area contributed by atoms with Gasteiger partial charge in [0.15, 0.2) is 0 Å². The highest BCUT2D eigenvalue weighted by Gasteiger charge is 2.20. The van der Waals surface area contributed by atoms with Crippen molar-refractivity contribution in [3.05, 3.63) is 87.3 Å². The largest absolute Gasteiger partial charge is 0.365 e. The molecule has 0 atom stereocenters. The van der Waals surface area contributed by atoms with E-state index in [1.807, 2.05) is 30.3 Å². The van der Waals surface area contributed by atoms with Gasteiger partial charge in [-0.2, -0.15) is 0 Å². The van der Waals surface area contributed by atoms with Crippen molar-refractivity contribution in [2.75, 3.05) is 5.32 Å². The molecule has 4 rings (SSSR count). The van der Waals surface area contributed by atoms with Crippen LogP contribution in [0, 0.1) is 12.7 Å². The number of primary amides is 1. The lowest BCUT2D eigenvalue weighted by atomic mass is 10.2. The maximum atomic E-state index is 13.6. The van der Waals surface area contributed by atoms with E-state index in [9.17, 15) is 14.0 Å². The van der Waals surface area contributed by atoms with Crippen LogP contribution in [0.25, 0.3) is 15.9 Å². The predicted octanol–water partition coefficient (Wildman–Crippen LogP) is 4.34. The van der Waals surface area contributed by atoms with E-state index in [0.29, 0.717) is 37.7 Å². The van der Waals surface area contributed by atoms with E-state index in [0.717, 1.165) is 11.3 Å². The quantitative estimate of drug-likeness (QED) is 0.541. The van der Waals surface area contributed by atoms with E-state index in [1.54, 1.807) is 29.7 Å². The molecule has 0 unspecified atom stereocenters. The molecule has 0 saturated carbocycles. The number of aromatic nitrogens is 1. The molecule has 0 aliphatic rings. The highest BCUT2D eigenvalue weighted by molar-refractivity contribution is 7.21. The number of thiophene rings is 1. The molecule has 0 fully saturated rings. The first-order valence-corrected chi connectivity index (χ1v) is 9.34. The number of para-hydroxylation sites is 1. The van der Waals surface area contributed by atoms with Crippen LogP contribution in [0.2, 0.25) is 0 Å². The summed E-state index contributed by atoms with van der Waals surface area (Å²) >= 11 is 1.15. The van der Waals surface area contributed by atoms with Gasteiger partial charge in [-0.25, -0.2) is 4.39 Å². The highest BCUT2D eigenvalue weighted by Crippen LogP contribution is 2.37. The number of pyridine rings is 1. The van der Waals surface area contributed by atoms with Gasteiger partial charge < -0.3 is 11.1 Å². The fraction of sp³-hybridized carbons (Fsp3) is 0.0476. The standard InChI is InChI=1S/C21H16FN3O2S/c1-12-11-13(7-9-16(12)22)24-18-15-8-10-17(26)25(14-5-3-2-4-6-14)21(15)28-19(18)20(23)27/h2-11,24H,1H3,(H2,23,27). The fourth-order valence-corrected chi connectivity index (χ4v) is 4.19. The lowest BCUT2D eigenvalue weighted by Gasteiger charge is -2.10. The Morgan fingerprint density at radius 1 is 1.11 bits per heavy atom. The Hall–Kier alpha value is -3.45. The van der Waals surface area contributed by atoms with Gasteiger partial charge in [0.05, 0.1) is 11.4 Å². The molecule has 0 radical (unpaired) electrons. The first-order valence-electron chi connectivity index (χ1n) is 8.52. The third-order valence-electron chi connectivity index (χ3n) is 4.41. The number of carbonyl (C=O) groups excluding carboxylic acids is 1. The minimum absolute atomic E-state index is 0.208. The van der Waals surface area contributed by atoms with Crippen LogP contribution in [0.5, 0.6) is 0 Å². The Morgan fingerprint density at radius 2 is 1.86 bits per heavy atom. The molecule has 140 valence electrons. The Labute approximate surface area is 163 Å². The number of amides is 1. The Balaban J connectivity index is 1.96. The van der Waals surface area contributed by atoms with E-state index >= 15 is 0 Å². The van der Waals surface area contributed by atoms with Crippen molar-refractivity contribution >= 4 is 38.8 Å². The zero-order chi connectivity index (χ0) is 19.8. The molecule has 4 aromatic rings. The van der Waals surface area contributed by atoms with Crippen LogP contribution >= 0.6 is 11.3 Å². The highest BCUT2D eigenvalue weighted by atomic mass is 32.1. The molecular weight excluding hydrogens is 377 g/mol. The number of hydrogen-bond donors (Lipinski definition) is 2. The molecule has 7 heteroatoms. The maximum Gasteiger partial charge on any atom is 0.261 e. The third kappa shape index (κ3) is 3.05. The van der Waals surface area contributed by atoms with Crippen LogP contribution in [0.15, 0.2) is 65.5 Å². The second-order valence-corrected chi connectivity index (χ2v) is 7.32. The number of nitrogens with one attached hydrogen (secondary N) is 1. The summed E-state index contributed by atoms with van der Waals surface area (Å²) in [5.41, 5.74) is 7.69. The van der Waals surface area contributed by atoms with Crippen LogP contribution in [-0.2, 0) is 0 Å². The van der Waals surface area contributed by atoms with Gasteiger partial charge in [0.1, 0.15) is 15.5 Å². The summed E-state index contributed by atoms with van der Waals surface area (Å²) in [7, 11) is 0. The SMILES string of the molecule is Cc1cc(Nc2c(C(N)=O)sc3c2ccc(=O)n3-c2ccccc2)ccc1F. The van der Waals surface area contributed by atoms with Crippen LogP contribution in [0.4, 0.5) is 15.8 Å². The molecule has 5 nitrogen and oxygen atoms in total. The predicted molar refractivity (Wildman–Crippen MR) is 110 cm³/mol. The second-order valence-electron chi connectivity index (χ2n) is 6.32. The third-order valence-corrected chi connectivity index (χ3v) is 5.61. The summed E-state index contributed by atoms with van der Waals surface area (Å²) in [5, 5.41) is 3.86. The average molecular weight is 393 g/mol. The van der Waals surface area contributed by atoms with Crippen LogP contribution in [0.1, 0.15) is 15.2 Å². The number of nitrogens with two attached hydrogens (primary N) is 1. The molecule has 0 saturated heterocycles. The number of benzene rings is 2. The van der Waals surface area contributed by atoms with Gasteiger partial charge in [-0.05, 0) is 48.9 Å². The number of hydrogen-bond acceptors (Lipinski definition) is 4. The van der Waals surface area contributed by atoms with Crippen molar-refractivity contribution < 1.29 is 9.18 Å². The van der Waals surface area contributed by atoms with Crippen molar-refractivity contribution in [2.24, 2.45) is 5.73 Å². The maximum absolute atomic E-state index is 13.6. The van der Waals surface area contributed by atoms with Crippen LogP contribution in [0.3, 0.4) is 0 Å². The molecule has 3 N–H and O–H groups in total. The smallest absolute Gasteiger partial charge is 0.261 e. The van der Waals surface area contributed by atoms with E-state index < -0.39 is 5.91 Å². The van der Waals surface area contributed by atoms with Crippen molar-refractivity contribution in [2.45, 2.75) is 6.92 Å². The van der Waals surface area contributed by atoms with Gasteiger partial charge in [0, 0.05) is 17.1 Å². The Morgan fingerprint density at radius 3 is 2.54 bits per heavy atom. The number of halogens is 1. The van der Waals surface area contributed by atoms with Gasteiger partial charge in [-0.15, -0.1) is 11.3 Å². The average Bonchev–Trinajstić information content (AvgIpc) is 3.04. The van der Waals surface area contributed by atoms with E-state index in [2.05, 4.69) is 5.32 Å². The number of rotatable bonds is 4. The van der Waals surface area contributed by atoms with Gasteiger partial charge in [0.2, 0.25) is 0 Å². The lowest BCUT2D eigenvalue weighted by Crippen LogP contribution is -2.16. The van der Waals surface area contributed by atoms with E-state index in [4.69, 9.17) is 5.73 Å². The van der Waals surface area contributed by atoms with E-state index in [1.165, 1.54) is 12.1 Å². The molecule has 0 aliphatic carbocycles. The summed E-state index contributed by atoms with van der Waals surface area (Å²) < 4.78 is 15.1. The zero-order valence-electron chi connectivity index (χ0n) is 14.9. The van der Waals surface area contributed by atoms with Crippen molar-refractivity contribution in [1.82, 2.24) is 4.57 Å². The van der Waals surface area contributed by atoms with Gasteiger partial charge >= 0.3 is 0 Å². The number of anilines is 2. The first-order chi connectivity index (χ1) is 13.5. The van der Waals surface area contributed by atoms with Crippen LogP contribution < -0.4 is 16.6 Å². The van der Waals surface area contributed by atoms with E-state index in [-0.39, 0.29) is 11.4 Å².